The topological polar surface area (TPSA) is 60.9 Å². The zero-order valence-electron chi connectivity index (χ0n) is 15.5. The van der Waals surface area contributed by atoms with Crippen molar-refractivity contribution in [2.24, 2.45) is 5.92 Å². The molecule has 0 unspecified atom stereocenters. The fourth-order valence-corrected chi connectivity index (χ4v) is 5.72. The third kappa shape index (κ3) is 3.63. The molecule has 0 aliphatic carbocycles. The maximum Gasteiger partial charge on any atom is 0.241 e. The van der Waals surface area contributed by atoms with Crippen LogP contribution >= 0.6 is 0 Å². The number of nitrogens with zero attached hydrogens (tertiary/aromatic N) is 3. The standard InChI is InChI=1S/C18H26FN3O3S/c1-14(2)11-26(24,25)21-8-7-18(12-21)13-22(17(23)10-20(18)3)16-6-4-5-15(19)9-16/h4-6,9,14H,7-8,10-13H2,1-3H3/t18-/m1/s1. The fraction of sp³-hybridized carbons (Fsp3) is 0.611. The molecule has 0 radical (unpaired) electrons. The molecule has 2 saturated heterocycles. The van der Waals surface area contributed by atoms with Gasteiger partial charge in [-0.05, 0) is 37.6 Å². The minimum atomic E-state index is -3.32. The number of carbonyl (C=O) groups is 1. The molecule has 2 heterocycles. The Labute approximate surface area is 154 Å². The summed E-state index contributed by atoms with van der Waals surface area (Å²) in [5, 5.41) is 0. The van der Waals surface area contributed by atoms with Crippen LogP contribution in [0.15, 0.2) is 24.3 Å². The molecule has 8 heteroatoms. The van der Waals surface area contributed by atoms with Gasteiger partial charge in [0.1, 0.15) is 5.82 Å². The van der Waals surface area contributed by atoms with E-state index in [0.29, 0.717) is 31.7 Å². The summed E-state index contributed by atoms with van der Waals surface area (Å²) >= 11 is 0. The molecule has 2 aliphatic heterocycles. The summed E-state index contributed by atoms with van der Waals surface area (Å²) in [5.41, 5.74) is 0.0792. The maximum absolute atomic E-state index is 13.6. The largest absolute Gasteiger partial charge is 0.309 e. The van der Waals surface area contributed by atoms with Crippen molar-refractivity contribution in [2.45, 2.75) is 25.8 Å². The van der Waals surface area contributed by atoms with E-state index >= 15 is 0 Å². The van der Waals surface area contributed by atoms with Crippen LogP contribution in [0.2, 0.25) is 0 Å². The number of piperazine rings is 1. The summed E-state index contributed by atoms with van der Waals surface area (Å²) in [6, 6.07) is 5.98. The minimum Gasteiger partial charge on any atom is -0.309 e. The number of hydrogen-bond donors (Lipinski definition) is 0. The van der Waals surface area contributed by atoms with Gasteiger partial charge in [-0.3, -0.25) is 9.69 Å². The summed E-state index contributed by atoms with van der Waals surface area (Å²) in [5.74, 6) is -0.312. The van der Waals surface area contributed by atoms with E-state index in [9.17, 15) is 17.6 Å². The highest BCUT2D eigenvalue weighted by atomic mass is 32.2. The van der Waals surface area contributed by atoms with Crippen molar-refractivity contribution in [3.63, 3.8) is 0 Å². The number of hydrogen-bond acceptors (Lipinski definition) is 4. The van der Waals surface area contributed by atoms with E-state index in [4.69, 9.17) is 0 Å². The molecule has 2 aliphatic rings. The van der Waals surface area contributed by atoms with Crippen LogP contribution in [0.5, 0.6) is 0 Å². The highest BCUT2D eigenvalue weighted by Crippen LogP contribution is 2.34. The highest BCUT2D eigenvalue weighted by molar-refractivity contribution is 7.89. The first-order valence-corrected chi connectivity index (χ1v) is 10.5. The molecular weight excluding hydrogens is 357 g/mol. The fourth-order valence-electron chi connectivity index (χ4n) is 3.86. The van der Waals surface area contributed by atoms with Gasteiger partial charge >= 0.3 is 0 Å². The molecule has 1 aromatic carbocycles. The van der Waals surface area contributed by atoms with E-state index in [-0.39, 0.29) is 24.1 Å². The van der Waals surface area contributed by atoms with E-state index < -0.39 is 21.4 Å². The van der Waals surface area contributed by atoms with Crippen LogP contribution < -0.4 is 4.90 Å². The predicted molar refractivity (Wildman–Crippen MR) is 98.9 cm³/mol. The molecule has 0 N–H and O–H groups in total. The van der Waals surface area contributed by atoms with Crippen molar-refractivity contribution < 1.29 is 17.6 Å². The monoisotopic (exact) mass is 383 g/mol. The Morgan fingerprint density at radius 2 is 2.00 bits per heavy atom. The number of likely N-dealkylation sites (N-methyl/N-ethyl adjacent to an activating group) is 1. The smallest absolute Gasteiger partial charge is 0.241 e. The van der Waals surface area contributed by atoms with Crippen molar-refractivity contribution in [3.05, 3.63) is 30.1 Å². The zero-order valence-corrected chi connectivity index (χ0v) is 16.3. The van der Waals surface area contributed by atoms with Gasteiger partial charge in [0, 0.05) is 25.3 Å². The van der Waals surface area contributed by atoms with Crippen LogP contribution in [-0.2, 0) is 14.8 Å². The maximum atomic E-state index is 13.6. The number of anilines is 1. The number of halogens is 1. The molecular formula is C18H26FN3O3S. The van der Waals surface area contributed by atoms with Gasteiger partial charge in [0.15, 0.2) is 0 Å². The summed E-state index contributed by atoms with van der Waals surface area (Å²) in [4.78, 5) is 16.0. The van der Waals surface area contributed by atoms with Crippen LogP contribution in [0, 0.1) is 11.7 Å². The average molecular weight is 383 g/mol. The first kappa shape index (κ1) is 19.3. The van der Waals surface area contributed by atoms with Gasteiger partial charge in [0.2, 0.25) is 15.9 Å². The summed E-state index contributed by atoms with van der Waals surface area (Å²) < 4.78 is 40.4. The van der Waals surface area contributed by atoms with E-state index in [1.54, 1.807) is 21.3 Å². The van der Waals surface area contributed by atoms with Gasteiger partial charge in [-0.25, -0.2) is 12.8 Å². The van der Waals surface area contributed by atoms with Crippen LogP contribution in [0.3, 0.4) is 0 Å². The van der Waals surface area contributed by atoms with Gasteiger partial charge < -0.3 is 4.90 Å². The molecule has 1 aromatic rings. The molecule has 3 rings (SSSR count). The van der Waals surface area contributed by atoms with Crippen molar-refractivity contribution >= 4 is 21.6 Å². The van der Waals surface area contributed by atoms with E-state index in [2.05, 4.69) is 0 Å². The van der Waals surface area contributed by atoms with Crippen molar-refractivity contribution in [2.75, 3.05) is 43.9 Å². The molecule has 1 amide bonds. The molecule has 0 aromatic heterocycles. The quantitative estimate of drug-likeness (QED) is 0.791. The zero-order chi connectivity index (χ0) is 19.1. The lowest BCUT2D eigenvalue weighted by Crippen LogP contribution is -2.64. The Balaban J connectivity index is 1.84. The normalized spacial score (nSPS) is 25.6. The van der Waals surface area contributed by atoms with Crippen LogP contribution in [0.1, 0.15) is 20.3 Å². The Hall–Kier alpha value is -1.51. The van der Waals surface area contributed by atoms with Crippen molar-refractivity contribution in [1.29, 1.82) is 0 Å². The Morgan fingerprint density at radius 1 is 1.27 bits per heavy atom. The Morgan fingerprint density at radius 3 is 2.65 bits per heavy atom. The third-order valence-electron chi connectivity index (χ3n) is 5.29. The predicted octanol–water partition coefficient (Wildman–Crippen LogP) is 1.53. The van der Waals surface area contributed by atoms with E-state index in [1.165, 1.54) is 12.1 Å². The molecule has 0 saturated carbocycles. The van der Waals surface area contributed by atoms with Gasteiger partial charge in [-0.15, -0.1) is 0 Å². The number of carbonyl (C=O) groups excluding carboxylic acids is 1. The Kier molecular flexibility index (Phi) is 5.11. The molecule has 1 spiro atoms. The first-order chi connectivity index (χ1) is 12.1. The summed E-state index contributed by atoms with van der Waals surface area (Å²) in [6.07, 6.45) is 0.653. The lowest BCUT2D eigenvalue weighted by atomic mass is 9.92. The van der Waals surface area contributed by atoms with E-state index in [1.807, 2.05) is 25.8 Å². The molecule has 1 atom stereocenters. The van der Waals surface area contributed by atoms with Crippen molar-refractivity contribution in [1.82, 2.24) is 9.21 Å². The van der Waals surface area contributed by atoms with Gasteiger partial charge in [-0.1, -0.05) is 19.9 Å². The third-order valence-corrected chi connectivity index (χ3v) is 7.48. The molecule has 26 heavy (non-hydrogen) atoms. The van der Waals surface area contributed by atoms with Gasteiger partial charge in [0.05, 0.1) is 17.8 Å². The second-order valence-electron chi connectivity index (χ2n) is 7.80. The minimum absolute atomic E-state index is 0.0611. The highest BCUT2D eigenvalue weighted by Gasteiger charge is 2.50. The number of benzene rings is 1. The van der Waals surface area contributed by atoms with E-state index in [0.717, 1.165) is 0 Å². The van der Waals surface area contributed by atoms with Crippen LogP contribution in [0.25, 0.3) is 0 Å². The number of sulfonamides is 1. The molecule has 144 valence electrons. The van der Waals surface area contributed by atoms with Crippen LogP contribution in [-0.4, -0.2) is 68.0 Å². The van der Waals surface area contributed by atoms with Gasteiger partial charge in [0.25, 0.3) is 0 Å². The molecule has 2 fully saturated rings. The van der Waals surface area contributed by atoms with Gasteiger partial charge in [-0.2, -0.15) is 4.31 Å². The lowest BCUT2D eigenvalue weighted by molar-refractivity contribution is -0.123. The molecule has 6 nitrogen and oxygen atoms in total. The lowest BCUT2D eigenvalue weighted by Gasteiger charge is -2.46. The second-order valence-corrected chi connectivity index (χ2v) is 9.81. The van der Waals surface area contributed by atoms with Crippen molar-refractivity contribution in [3.8, 4) is 0 Å². The summed E-state index contributed by atoms with van der Waals surface area (Å²) in [7, 11) is -1.46. The first-order valence-electron chi connectivity index (χ1n) is 8.88. The summed E-state index contributed by atoms with van der Waals surface area (Å²) in [6.45, 7) is 5.14. The molecule has 0 bridgehead atoms. The number of amides is 1. The SMILES string of the molecule is CC(C)CS(=O)(=O)N1CC[C@]2(CN(c3cccc(F)c3)C(=O)CN2C)C1. The number of rotatable bonds is 4. The van der Waals surface area contributed by atoms with Crippen LogP contribution in [0.4, 0.5) is 10.1 Å². The second kappa shape index (κ2) is 6.90. The Bertz CT molecular complexity index is 799. The average Bonchev–Trinajstić information content (AvgIpc) is 2.96.